The maximum Gasteiger partial charge on any atom is 0.134 e. The Morgan fingerprint density at radius 2 is 1.79 bits per heavy atom. The molecule has 0 aliphatic rings. The highest BCUT2D eigenvalue weighted by molar-refractivity contribution is 5.56. The maximum atomic E-state index is 4.34. The average molecular weight is 265 g/mol. The number of aromatic nitrogens is 2. The van der Waals surface area contributed by atoms with Gasteiger partial charge in [-0.1, -0.05) is 13.8 Å². The summed E-state index contributed by atoms with van der Waals surface area (Å²) < 4.78 is 0. The average Bonchev–Trinajstić information content (AvgIpc) is 2.41. The fourth-order valence-electron chi connectivity index (χ4n) is 2.09. The van der Waals surface area contributed by atoms with Gasteiger partial charge in [-0.15, -0.1) is 0 Å². The van der Waals surface area contributed by atoms with Crippen molar-refractivity contribution in [3.63, 3.8) is 0 Å². The van der Waals surface area contributed by atoms with Gasteiger partial charge in [-0.25, -0.2) is 9.97 Å². The van der Waals surface area contributed by atoms with Crippen LogP contribution in [0.25, 0.3) is 0 Å². The lowest BCUT2D eigenvalue weighted by atomic mass is 10.2. The Morgan fingerprint density at radius 1 is 1.16 bits per heavy atom. The SMILES string of the molecule is CCNc1ncnc(NC(C)CN(CC)CC)c1C. The molecule has 0 saturated heterocycles. The Bertz CT molecular complexity index is 376. The van der Waals surface area contributed by atoms with Gasteiger partial charge in [0.1, 0.15) is 18.0 Å². The molecular formula is C14H27N5. The molecule has 1 heterocycles. The number of rotatable bonds is 8. The van der Waals surface area contributed by atoms with Crippen LogP contribution < -0.4 is 10.6 Å². The minimum absolute atomic E-state index is 0.364. The molecule has 0 fully saturated rings. The van der Waals surface area contributed by atoms with Crippen LogP contribution >= 0.6 is 0 Å². The van der Waals surface area contributed by atoms with Gasteiger partial charge < -0.3 is 15.5 Å². The van der Waals surface area contributed by atoms with Gasteiger partial charge in [0.15, 0.2) is 0 Å². The summed E-state index contributed by atoms with van der Waals surface area (Å²) in [4.78, 5) is 11.0. The van der Waals surface area contributed by atoms with Gasteiger partial charge in [-0.05, 0) is 33.9 Å². The largest absolute Gasteiger partial charge is 0.370 e. The Balaban J connectivity index is 2.68. The minimum atomic E-state index is 0.364. The van der Waals surface area contributed by atoms with Crippen LogP contribution in [0.4, 0.5) is 11.6 Å². The topological polar surface area (TPSA) is 53.1 Å². The van der Waals surface area contributed by atoms with Crippen LogP contribution in [0.5, 0.6) is 0 Å². The summed E-state index contributed by atoms with van der Waals surface area (Å²) >= 11 is 0. The van der Waals surface area contributed by atoms with Gasteiger partial charge >= 0.3 is 0 Å². The smallest absolute Gasteiger partial charge is 0.134 e. The van der Waals surface area contributed by atoms with E-state index in [2.05, 4.69) is 53.2 Å². The molecule has 0 amide bonds. The summed E-state index contributed by atoms with van der Waals surface area (Å²) in [6.45, 7) is 14.7. The Labute approximate surface area is 116 Å². The summed E-state index contributed by atoms with van der Waals surface area (Å²) in [7, 11) is 0. The number of nitrogens with one attached hydrogen (secondary N) is 2. The maximum absolute atomic E-state index is 4.34. The molecule has 1 atom stereocenters. The third-order valence-electron chi connectivity index (χ3n) is 3.24. The van der Waals surface area contributed by atoms with E-state index >= 15 is 0 Å². The highest BCUT2D eigenvalue weighted by Crippen LogP contribution is 2.18. The van der Waals surface area contributed by atoms with Crippen LogP contribution in [0.2, 0.25) is 0 Å². The fourth-order valence-corrected chi connectivity index (χ4v) is 2.09. The molecule has 5 nitrogen and oxygen atoms in total. The predicted octanol–water partition coefficient (Wildman–Crippen LogP) is 2.36. The summed E-state index contributed by atoms with van der Waals surface area (Å²) in [5.41, 5.74) is 1.08. The van der Waals surface area contributed by atoms with Gasteiger partial charge in [0.25, 0.3) is 0 Å². The lowest BCUT2D eigenvalue weighted by Gasteiger charge is -2.24. The summed E-state index contributed by atoms with van der Waals surface area (Å²) in [6, 6.07) is 0.364. The van der Waals surface area contributed by atoms with Crippen LogP contribution in [-0.2, 0) is 0 Å². The zero-order chi connectivity index (χ0) is 14.3. The van der Waals surface area contributed by atoms with E-state index in [1.165, 1.54) is 0 Å². The molecule has 1 rings (SSSR count). The number of anilines is 2. The lowest BCUT2D eigenvalue weighted by molar-refractivity contribution is 0.294. The van der Waals surface area contributed by atoms with E-state index < -0.39 is 0 Å². The number of nitrogens with zero attached hydrogens (tertiary/aromatic N) is 3. The molecule has 0 spiro atoms. The zero-order valence-electron chi connectivity index (χ0n) is 12.8. The molecule has 0 aliphatic carbocycles. The molecule has 0 saturated carbocycles. The third-order valence-corrected chi connectivity index (χ3v) is 3.24. The second kappa shape index (κ2) is 7.94. The summed E-state index contributed by atoms with van der Waals surface area (Å²) in [6.07, 6.45) is 1.61. The van der Waals surface area contributed by atoms with Crippen molar-refractivity contribution in [2.24, 2.45) is 0 Å². The van der Waals surface area contributed by atoms with Crippen LogP contribution in [0, 0.1) is 6.92 Å². The highest BCUT2D eigenvalue weighted by Gasteiger charge is 2.11. The van der Waals surface area contributed by atoms with Gasteiger partial charge in [-0.3, -0.25) is 0 Å². The summed E-state index contributed by atoms with van der Waals surface area (Å²) in [5.74, 6) is 1.83. The zero-order valence-corrected chi connectivity index (χ0v) is 12.8. The molecule has 0 aromatic carbocycles. The predicted molar refractivity (Wildman–Crippen MR) is 81.8 cm³/mol. The number of likely N-dealkylation sites (N-methyl/N-ethyl adjacent to an activating group) is 1. The molecule has 5 heteroatoms. The molecule has 0 bridgehead atoms. The Kier molecular flexibility index (Phi) is 6.56. The standard InChI is InChI=1S/C14H27N5/c1-6-15-13-12(5)14(17-10-16-13)18-11(4)9-19(7-2)8-3/h10-11H,6-9H2,1-5H3,(H2,15,16,17,18). The number of hydrogen-bond donors (Lipinski definition) is 2. The van der Waals surface area contributed by atoms with Crippen molar-refractivity contribution in [3.8, 4) is 0 Å². The van der Waals surface area contributed by atoms with Gasteiger partial charge in [0.05, 0.1) is 0 Å². The normalized spacial score (nSPS) is 12.5. The quantitative estimate of drug-likeness (QED) is 0.755. The molecule has 19 heavy (non-hydrogen) atoms. The molecule has 1 aromatic heterocycles. The molecule has 108 valence electrons. The van der Waals surface area contributed by atoms with Crippen molar-refractivity contribution in [1.29, 1.82) is 0 Å². The van der Waals surface area contributed by atoms with Crippen LogP contribution in [0.3, 0.4) is 0 Å². The van der Waals surface area contributed by atoms with E-state index in [0.717, 1.165) is 43.4 Å². The van der Waals surface area contributed by atoms with Gasteiger partial charge in [0.2, 0.25) is 0 Å². The molecule has 1 unspecified atom stereocenters. The first-order valence-electron chi connectivity index (χ1n) is 7.16. The molecule has 2 N–H and O–H groups in total. The molecular weight excluding hydrogens is 238 g/mol. The summed E-state index contributed by atoms with van der Waals surface area (Å²) in [5, 5.41) is 6.73. The Morgan fingerprint density at radius 3 is 2.37 bits per heavy atom. The van der Waals surface area contributed by atoms with Crippen LogP contribution in [0.1, 0.15) is 33.3 Å². The molecule has 0 radical (unpaired) electrons. The lowest BCUT2D eigenvalue weighted by Crippen LogP contribution is -2.35. The van der Waals surface area contributed by atoms with Crippen molar-refractivity contribution in [3.05, 3.63) is 11.9 Å². The van der Waals surface area contributed by atoms with E-state index in [-0.39, 0.29) is 0 Å². The van der Waals surface area contributed by atoms with Crippen molar-refractivity contribution in [2.75, 3.05) is 36.8 Å². The molecule has 0 aliphatic heterocycles. The van der Waals surface area contributed by atoms with E-state index in [9.17, 15) is 0 Å². The number of hydrogen-bond acceptors (Lipinski definition) is 5. The van der Waals surface area contributed by atoms with E-state index in [1.807, 2.05) is 6.92 Å². The second-order valence-electron chi connectivity index (χ2n) is 4.76. The third kappa shape index (κ3) is 4.67. The van der Waals surface area contributed by atoms with E-state index in [1.54, 1.807) is 6.33 Å². The van der Waals surface area contributed by atoms with Gasteiger partial charge in [-0.2, -0.15) is 0 Å². The fraction of sp³-hybridized carbons (Fsp3) is 0.714. The van der Waals surface area contributed by atoms with Gasteiger partial charge in [0, 0.05) is 24.7 Å². The van der Waals surface area contributed by atoms with Crippen molar-refractivity contribution < 1.29 is 0 Å². The van der Waals surface area contributed by atoms with Crippen molar-refractivity contribution in [1.82, 2.24) is 14.9 Å². The first-order chi connectivity index (χ1) is 9.12. The van der Waals surface area contributed by atoms with Crippen molar-refractivity contribution >= 4 is 11.6 Å². The first kappa shape index (κ1) is 15.7. The Hall–Kier alpha value is -1.36. The monoisotopic (exact) mass is 265 g/mol. The van der Waals surface area contributed by atoms with E-state index in [4.69, 9.17) is 0 Å². The second-order valence-corrected chi connectivity index (χ2v) is 4.76. The van der Waals surface area contributed by atoms with Crippen LogP contribution in [0.15, 0.2) is 6.33 Å². The molecule has 1 aromatic rings. The first-order valence-corrected chi connectivity index (χ1v) is 7.16. The van der Waals surface area contributed by atoms with Crippen LogP contribution in [-0.4, -0.2) is 47.1 Å². The highest BCUT2D eigenvalue weighted by atomic mass is 15.2. The van der Waals surface area contributed by atoms with Crippen molar-refractivity contribution in [2.45, 2.75) is 40.7 Å². The minimum Gasteiger partial charge on any atom is -0.370 e. The van der Waals surface area contributed by atoms with E-state index in [0.29, 0.717) is 6.04 Å².